The lowest BCUT2D eigenvalue weighted by molar-refractivity contribution is 0.881. The number of nitrogens with zero attached hydrogens (tertiary/aromatic N) is 5. The maximum atomic E-state index is 4.26. The standard InChI is InChI=1S/C9H9N7S/c1-5-3-17-8-7(5)11-4-12-9(8)10-2-6-13-15-16-14-6/h3-4H,2H2,1H3,(H,10,11,12)(H,13,14,15,16). The van der Waals surface area contributed by atoms with Crippen LogP contribution in [0, 0.1) is 6.92 Å². The summed E-state index contributed by atoms with van der Waals surface area (Å²) in [5, 5.41) is 18.9. The van der Waals surface area contributed by atoms with Crippen LogP contribution in [0.1, 0.15) is 11.4 Å². The summed E-state index contributed by atoms with van der Waals surface area (Å²) in [6, 6.07) is 0. The number of H-pyrrole nitrogens is 1. The van der Waals surface area contributed by atoms with Crippen LogP contribution < -0.4 is 5.32 Å². The molecule has 0 radical (unpaired) electrons. The lowest BCUT2D eigenvalue weighted by Crippen LogP contribution is -2.03. The molecule has 86 valence electrons. The molecule has 17 heavy (non-hydrogen) atoms. The van der Waals surface area contributed by atoms with Crippen LogP contribution in [0.4, 0.5) is 5.82 Å². The van der Waals surface area contributed by atoms with Gasteiger partial charge in [-0.15, -0.1) is 21.5 Å². The van der Waals surface area contributed by atoms with Gasteiger partial charge < -0.3 is 5.32 Å². The number of rotatable bonds is 3. The van der Waals surface area contributed by atoms with E-state index >= 15 is 0 Å². The molecule has 3 heterocycles. The number of aromatic nitrogens is 6. The van der Waals surface area contributed by atoms with E-state index in [1.807, 2.05) is 6.92 Å². The van der Waals surface area contributed by atoms with Crippen molar-refractivity contribution in [3.8, 4) is 0 Å². The maximum absolute atomic E-state index is 4.26. The number of hydrogen-bond donors (Lipinski definition) is 2. The first-order chi connectivity index (χ1) is 8.34. The van der Waals surface area contributed by atoms with Crippen LogP contribution in [-0.4, -0.2) is 30.6 Å². The molecule has 3 rings (SSSR count). The summed E-state index contributed by atoms with van der Waals surface area (Å²) in [5.41, 5.74) is 2.15. The minimum atomic E-state index is 0.486. The first-order valence-corrected chi connectivity index (χ1v) is 5.87. The van der Waals surface area contributed by atoms with Crippen LogP contribution in [0.15, 0.2) is 11.7 Å². The number of fused-ring (bicyclic) bond motifs is 1. The van der Waals surface area contributed by atoms with Crippen LogP contribution in [0.2, 0.25) is 0 Å². The average Bonchev–Trinajstić information content (AvgIpc) is 2.97. The highest BCUT2D eigenvalue weighted by Crippen LogP contribution is 2.28. The highest BCUT2D eigenvalue weighted by molar-refractivity contribution is 7.17. The molecule has 0 atom stereocenters. The fraction of sp³-hybridized carbons (Fsp3) is 0.222. The van der Waals surface area contributed by atoms with E-state index in [1.54, 1.807) is 17.7 Å². The first-order valence-electron chi connectivity index (χ1n) is 4.99. The van der Waals surface area contributed by atoms with Gasteiger partial charge in [0, 0.05) is 0 Å². The molecule has 0 aliphatic carbocycles. The first kappa shape index (κ1) is 10.1. The predicted molar refractivity (Wildman–Crippen MR) is 63.7 cm³/mol. The van der Waals surface area contributed by atoms with Crippen molar-refractivity contribution in [3.63, 3.8) is 0 Å². The van der Waals surface area contributed by atoms with E-state index in [2.05, 4.69) is 41.3 Å². The van der Waals surface area contributed by atoms with Gasteiger partial charge in [-0.2, -0.15) is 5.21 Å². The average molecular weight is 247 g/mol. The van der Waals surface area contributed by atoms with Crippen LogP contribution in [-0.2, 0) is 6.54 Å². The van der Waals surface area contributed by atoms with Gasteiger partial charge >= 0.3 is 0 Å². The normalized spacial score (nSPS) is 10.9. The van der Waals surface area contributed by atoms with Crippen LogP contribution in [0.5, 0.6) is 0 Å². The van der Waals surface area contributed by atoms with Crippen molar-refractivity contribution in [1.82, 2.24) is 30.6 Å². The van der Waals surface area contributed by atoms with Crippen molar-refractivity contribution >= 4 is 27.4 Å². The molecular weight excluding hydrogens is 238 g/mol. The van der Waals surface area contributed by atoms with E-state index in [9.17, 15) is 0 Å². The van der Waals surface area contributed by atoms with Crippen molar-refractivity contribution in [2.24, 2.45) is 0 Å². The molecule has 0 spiro atoms. The number of anilines is 1. The third-order valence-corrected chi connectivity index (χ3v) is 3.43. The van der Waals surface area contributed by atoms with E-state index in [0.717, 1.165) is 21.6 Å². The van der Waals surface area contributed by atoms with Crippen LogP contribution in [0.3, 0.4) is 0 Å². The highest BCUT2D eigenvalue weighted by atomic mass is 32.1. The molecule has 0 aliphatic heterocycles. The number of nitrogens with one attached hydrogen (secondary N) is 2. The van der Waals surface area contributed by atoms with E-state index in [-0.39, 0.29) is 0 Å². The Morgan fingerprint density at radius 1 is 1.41 bits per heavy atom. The zero-order valence-corrected chi connectivity index (χ0v) is 9.82. The Bertz CT molecular complexity index is 630. The number of thiophene rings is 1. The molecule has 0 saturated carbocycles. The van der Waals surface area contributed by atoms with Gasteiger partial charge in [0.1, 0.15) is 12.1 Å². The summed E-state index contributed by atoms with van der Waals surface area (Å²) in [6.07, 6.45) is 1.56. The SMILES string of the molecule is Cc1csc2c(NCc3nn[nH]n3)ncnc12. The second-order valence-electron chi connectivity index (χ2n) is 3.50. The molecule has 3 aromatic rings. The van der Waals surface area contributed by atoms with Gasteiger partial charge in [0.15, 0.2) is 5.82 Å². The molecule has 0 fully saturated rings. The van der Waals surface area contributed by atoms with Crippen molar-refractivity contribution in [2.45, 2.75) is 13.5 Å². The predicted octanol–water partition coefficient (Wildman–Crippen LogP) is 1.12. The monoisotopic (exact) mass is 247 g/mol. The van der Waals surface area contributed by atoms with Gasteiger partial charge in [0.25, 0.3) is 0 Å². The lowest BCUT2D eigenvalue weighted by atomic mass is 10.3. The van der Waals surface area contributed by atoms with Crippen molar-refractivity contribution in [1.29, 1.82) is 0 Å². The maximum Gasteiger partial charge on any atom is 0.193 e. The van der Waals surface area contributed by atoms with Gasteiger partial charge in [-0.1, -0.05) is 5.21 Å². The molecule has 0 bridgehead atoms. The highest BCUT2D eigenvalue weighted by Gasteiger charge is 2.08. The number of aromatic amines is 1. The molecular formula is C9H9N7S. The second kappa shape index (κ2) is 4.06. The summed E-state index contributed by atoms with van der Waals surface area (Å²) in [6.45, 7) is 2.52. The van der Waals surface area contributed by atoms with E-state index in [1.165, 1.54) is 0 Å². The van der Waals surface area contributed by atoms with Crippen LogP contribution in [0.25, 0.3) is 10.2 Å². The summed E-state index contributed by atoms with van der Waals surface area (Å²) in [7, 11) is 0. The lowest BCUT2D eigenvalue weighted by Gasteiger charge is -2.02. The number of tetrazole rings is 1. The summed E-state index contributed by atoms with van der Waals surface area (Å²) < 4.78 is 1.05. The minimum absolute atomic E-state index is 0.486. The molecule has 0 saturated heterocycles. The summed E-state index contributed by atoms with van der Waals surface area (Å²) in [4.78, 5) is 8.48. The van der Waals surface area contributed by atoms with E-state index < -0.39 is 0 Å². The molecule has 0 amide bonds. The Labute approximate surface area is 100 Å². The zero-order valence-electron chi connectivity index (χ0n) is 9.01. The Hall–Kier alpha value is -2.09. The second-order valence-corrected chi connectivity index (χ2v) is 4.38. The Kier molecular flexibility index (Phi) is 2.41. The molecule has 8 heteroatoms. The molecule has 0 aromatic carbocycles. The van der Waals surface area contributed by atoms with Gasteiger partial charge in [-0.05, 0) is 17.9 Å². The fourth-order valence-electron chi connectivity index (χ4n) is 1.52. The van der Waals surface area contributed by atoms with E-state index in [0.29, 0.717) is 12.4 Å². The largest absolute Gasteiger partial charge is 0.361 e. The third-order valence-electron chi connectivity index (χ3n) is 2.33. The zero-order chi connectivity index (χ0) is 11.7. The smallest absolute Gasteiger partial charge is 0.193 e. The topological polar surface area (TPSA) is 92.3 Å². The Balaban J connectivity index is 1.90. The summed E-state index contributed by atoms with van der Waals surface area (Å²) >= 11 is 1.63. The van der Waals surface area contributed by atoms with Crippen molar-refractivity contribution < 1.29 is 0 Å². The third kappa shape index (κ3) is 1.82. The molecule has 0 unspecified atom stereocenters. The minimum Gasteiger partial charge on any atom is -0.361 e. The van der Waals surface area contributed by atoms with Crippen molar-refractivity contribution in [2.75, 3.05) is 5.32 Å². The van der Waals surface area contributed by atoms with Crippen LogP contribution >= 0.6 is 11.3 Å². The fourth-order valence-corrected chi connectivity index (χ4v) is 2.48. The van der Waals surface area contributed by atoms with Gasteiger partial charge in [0.2, 0.25) is 0 Å². The number of hydrogen-bond acceptors (Lipinski definition) is 7. The molecule has 2 N–H and O–H groups in total. The molecule has 3 aromatic heterocycles. The van der Waals surface area contributed by atoms with Gasteiger partial charge in [0.05, 0.1) is 16.8 Å². The molecule has 7 nitrogen and oxygen atoms in total. The van der Waals surface area contributed by atoms with Crippen molar-refractivity contribution in [3.05, 3.63) is 23.1 Å². The van der Waals surface area contributed by atoms with Gasteiger partial charge in [-0.3, -0.25) is 0 Å². The number of aryl methyl sites for hydroxylation is 1. The summed E-state index contributed by atoms with van der Waals surface area (Å²) in [5.74, 6) is 1.41. The Morgan fingerprint density at radius 2 is 2.35 bits per heavy atom. The quantitative estimate of drug-likeness (QED) is 0.720. The molecule has 0 aliphatic rings. The Morgan fingerprint density at radius 3 is 3.18 bits per heavy atom. The van der Waals surface area contributed by atoms with Gasteiger partial charge in [-0.25, -0.2) is 9.97 Å². The van der Waals surface area contributed by atoms with E-state index in [4.69, 9.17) is 0 Å².